The number of nitrogens with zero attached hydrogens (tertiary/aromatic N) is 2. The average Bonchev–Trinajstić information content (AvgIpc) is 3.45. The first kappa shape index (κ1) is 19.3. The third-order valence-corrected chi connectivity index (χ3v) is 6.56. The summed E-state index contributed by atoms with van der Waals surface area (Å²) in [6.45, 7) is 1.60. The molecule has 28 heavy (non-hydrogen) atoms. The number of benzene rings is 1. The number of thiazole rings is 1. The molecule has 0 bridgehead atoms. The first-order valence-electron chi connectivity index (χ1n) is 9.47. The van der Waals surface area contributed by atoms with Crippen LogP contribution < -0.4 is 5.32 Å². The largest absolute Gasteiger partial charge is 0.350 e. The lowest BCUT2D eigenvalue weighted by molar-refractivity contribution is -0.122. The average molecular weight is 422 g/mol. The lowest BCUT2D eigenvalue weighted by Crippen LogP contribution is -2.39. The Labute approximate surface area is 171 Å². The molecule has 0 spiro atoms. The first-order valence-corrected chi connectivity index (χ1v) is 10.7. The summed E-state index contributed by atoms with van der Waals surface area (Å²) in [4.78, 5) is 31.0. The van der Waals surface area contributed by atoms with Gasteiger partial charge in [0, 0.05) is 30.3 Å². The van der Waals surface area contributed by atoms with Gasteiger partial charge >= 0.3 is 0 Å². The number of likely N-dealkylation sites (tertiary alicyclic amines) is 1. The van der Waals surface area contributed by atoms with Crippen LogP contribution in [0, 0.1) is 11.7 Å². The van der Waals surface area contributed by atoms with Gasteiger partial charge in [-0.25, -0.2) is 9.37 Å². The van der Waals surface area contributed by atoms with Crippen LogP contribution in [-0.2, 0) is 11.3 Å². The molecule has 1 atom stereocenters. The van der Waals surface area contributed by atoms with Crippen LogP contribution in [0.1, 0.15) is 52.7 Å². The second-order valence-corrected chi connectivity index (χ2v) is 8.68. The van der Waals surface area contributed by atoms with Gasteiger partial charge in [0.2, 0.25) is 5.91 Å². The van der Waals surface area contributed by atoms with Crippen molar-refractivity contribution in [3.63, 3.8) is 0 Å². The molecule has 1 aromatic heterocycles. The zero-order valence-corrected chi connectivity index (χ0v) is 16.9. The van der Waals surface area contributed by atoms with E-state index in [9.17, 15) is 14.0 Å². The Morgan fingerprint density at radius 2 is 2.14 bits per heavy atom. The predicted molar refractivity (Wildman–Crippen MR) is 106 cm³/mol. The predicted octanol–water partition coefficient (Wildman–Crippen LogP) is 3.98. The van der Waals surface area contributed by atoms with E-state index in [0.717, 1.165) is 36.4 Å². The van der Waals surface area contributed by atoms with E-state index >= 15 is 0 Å². The second-order valence-electron chi connectivity index (χ2n) is 7.38. The lowest BCUT2D eigenvalue weighted by Gasteiger charge is -2.32. The molecule has 2 aliphatic rings. The monoisotopic (exact) mass is 421 g/mol. The van der Waals surface area contributed by atoms with E-state index in [4.69, 9.17) is 11.6 Å². The van der Waals surface area contributed by atoms with Gasteiger partial charge in [0.1, 0.15) is 5.82 Å². The van der Waals surface area contributed by atoms with E-state index in [2.05, 4.69) is 10.3 Å². The van der Waals surface area contributed by atoms with Crippen molar-refractivity contribution in [3.05, 3.63) is 50.7 Å². The van der Waals surface area contributed by atoms with E-state index in [1.54, 1.807) is 16.2 Å². The standard InChI is InChI=1S/C20H21ClFN3O2S/c21-17-6-5-14(22)8-16(17)20(27)25-7-1-2-13(10-25)19-24-15(11-28-19)9-23-18(26)12-3-4-12/h5-6,8,11-13H,1-4,7,9-10H2,(H,23,26)/t13-/m1/s1. The molecule has 1 aliphatic heterocycles. The highest BCUT2D eigenvalue weighted by Gasteiger charge is 2.30. The van der Waals surface area contributed by atoms with Crippen molar-refractivity contribution in [2.45, 2.75) is 38.1 Å². The number of rotatable bonds is 5. The molecule has 148 valence electrons. The SMILES string of the molecule is O=C(NCc1csc([C@@H]2CCCN(C(=O)c3cc(F)ccc3Cl)C2)n1)C1CC1. The minimum Gasteiger partial charge on any atom is -0.350 e. The molecule has 5 nitrogen and oxygen atoms in total. The molecule has 1 saturated heterocycles. The third-order valence-electron chi connectivity index (χ3n) is 5.18. The molecule has 0 unspecified atom stereocenters. The van der Waals surface area contributed by atoms with E-state index in [0.29, 0.717) is 19.6 Å². The summed E-state index contributed by atoms with van der Waals surface area (Å²) in [6, 6.07) is 3.85. The van der Waals surface area contributed by atoms with E-state index in [1.165, 1.54) is 18.2 Å². The minimum absolute atomic E-state index is 0.107. The molecule has 2 heterocycles. The highest BCUT2D eigenvalue weighted by molar-refractivity contribution is 7.09. The Kier molecular flexibility index (Phi) is 5.64. The van der Waals surface area contributed by atoms with Gasteiger partial charge in [-0.2, -0.15) is 0 Å². The lowest BCUT2D eigenvalue weighted by atomic mass is 9.98. The molecule has 1 N–H and O–H groups in total. The number of aromatic nitrogens is 1. The number of hydrogen-bond donors (Lipinski definition) is 1. The van der Waals surface area contributed by atoms with Crippen molar-refractivity contribution in [2.75, 3.05) is 13.1 Å². The summed E-state index contributed by atoms with van der Waals surface area (Å²) >= 11 is 7.66. The van der Waals surface area contributed by atoms with Gasteiger partial charge < -0.3 is 10.2 Å². The van der Waals surface area contributed by atoms with E-state index in [-0.39, 0.29) is 34.2 Å². The van der Waals surface area contributed by atoms with Crippen LogP contribution in [0.5, 0.6) is 0 Å². The van der Waals surface area contributed by atoms with Crippen LogP contribution in [0.15, 0.2) is 23.6 Å². The van der Waals surface area contributed by atoms with Gasteiger partial charge in [-0.15, -0.1) is 11.3 Å². The van der Waals surface area contributed by atoms with Crippen molar-refractivity contribution in [2.24, 2.45) is 5.92 Å². The number of carbonyl (C=O) groups is 2. The number of halogens is 2. The fraction of sp³-hybridized carbons (Fsp3) is 0.450. The molecule has 4 rings (SSSR count). The van der Waals surface area contributed by atoms with Crippen LogP contribution in [0.25, 0.3) is 0 Å². The van der Waals surface area contributed by atoms with Crippen LogP contribution >= 0.6 is 22.9 Å². The Bertz CT molecular complexity index is 899. The van der Waals surface area contributed by atoms with Crippen molar-refractivity contribution >= 4 is 34.8 Å². The van der Waals surface area contributed by atoms with Crippen LogP contribution in [0.2, 0.25) is 5.02 Å². The van der Waals surface area contributed by atoms with Crippen molar-refractivity contribution in [1.82, 2.24) is 15.2 Å². The van der Waals surface area contributed by atoms with Crippen LogP contribution in [0.4, 0.5) is 4.39 Å². The normalized spacial score (nSPS) is 19.5. The number of piperidine rings is 1. The summed E-state index contributed by atoms with van der Waals surface area (Å²) in [5.41, 5.74) is 1.05. The Hall–Kier alpha value is -1.99. The summed E-state index contributed by atoms with van der Waals surface area (Å²) in [6.07, 6.45) is 3.77. The maximum atomic E-state index is 13.5. The van der Waals surface area contributed by atoms with E-state index < -0.39 is 5.82 Å². The van der Waals surface area contributed by atoms with Gasteiger partial charge in [0.15, 0.2) is 0 Å². The Balaban J connectivity index is 1.40. The number of hydrogen-bond acceptors (Lipinski definition) is 4. The van der Waals surface area contributed by atoms with Crippen LogP contribution in [-0.4, -0.2) is 34.8 Å². The van der Waals surface area contributed by atoms with Gasteiger partial charge in [0.25, 0.3) is 5.91 Å². The zero-order valence-electron chi connectivity index (χ0n) is 15.3. The van der Waals surface area contributed by atoms with Gasteiger partial charge in [-0.3, -0.25) is 9.59 Å². The van der Waals surface area contributed by atoms with Crippen molar-refractivity contribution in [1.29, 1.82) is 0 Å². The summed E-state index contributed by atoms with van der Waals surface area (Å²) in [5.74, 6) is -0.286. The molecule has 2 fully saturated rings. The quantitative estimate of drug-likeness (QED) is 0.794. The number of carbonyl (C=O) groups excluding carboxylic acids is 2. The smallest absolute Gasteiger partial charge is 0.255 e. The summed E-state index contributed by atoms with van der Waals surface area (Å²) < 4.78 is 13.5. The van der Waals surface area contributed by atoms with Crippen LogP contribution in [0.3, 0.4) is 0 Å². The molecule has 1 aliphatic carbocycles. The maximum Gasteiger partial charge on any atom is 0.255 e. The fourth-order valence-corrected chi connectivity index (χ4v) is 4.60. The maximum absolute atomic E-state index is 13.5. The van der Waals surface area contributed by atoms with Crippen molar-refractivity contribution < 1.29 is 14.0 Å². The van der Waals surface area contributed by atoms with Gasteiger partial charge in [-0.05, 0) is 43.9 Å². The van der Waals surface area contributed by atoms with Gasteiger partial charge in [0.05, 0.1) is 27.8 Å². The Morgan fingerprint density at radius 1 is 1.32 bits per heavy atom. The Morgan fingerprint density at radius 3 is 2.93 bits per heavy atom. The second kappa shape index (κ2) is 8.17. The number of amides is 2. The highest BCUT2D eigenvalue weighted by Crippen LogP contribution is 2.31. The zero-order chi connectivity index (χ0) is 19.7. The molecule has 1 aromatic carbocycles. The van der Waals surface area contributed by atoms with Gasteiger partial charge in [-0.1, -0.05) is 11.6 Å². The molecular formula is C20H21ClFN3O2S. The minimum atomic E-state index is -0.473. The highest BCUT2D eigenvalue weighted by atomic mass is 35.5. The fourth-order valence-electron chi connectivity index (χ4n) is 3.45. The third kappa shape index (κ3) is 4.36. The summed E-state index contributed by atoms with van der Waals surface area (Å²) in [7, 11) is 0. The molecule has 2 aromatic rings. The van der Waals surface area contributed by atoms with E-state index in [1.807, 2.05) is 5.38 Å². The first-order chi connectivity index (χ1) is 13.5. The van der Waals surface area contributed by atoms with Crippen molar-refractivity contribution in [3.8, 4) is 0 Å². The molecule has 1 saturated carbocycles. The molecular weight excluding hydrogens is 401 g/mol. The molecule has 0 radical (unpaired) electrons. The molecule has 2 amide bonds. The topological polar surface area (TPSA) is 62.3 Å². The number of nitrogens with one attached hydrogen (secondary N) is 1. The summed E-state index contributed by atoms with van der Waals surface area (Å²) in [5, 5.41) is 6.12. The molecule has 8 heteroatoms.